The smallest absolute Gasteiger partial charge is 0.335 e. The topological polar surface area (TPSA) is 71.2 Å². The van der Waals surface area contributed by atoms with Crippen LogP contribution in [0, 0.1) is 0 Å². The number of aromatic nitrogens is 3. The highest BCUT2D eigenvalue weighted by atomic mass is 16.4. The molecule has 6 nitrogen and oxygen atoms in total. The summed E-state index contributed by atoms with van der Waals surface area (Å²) in [6, 6.07) is 4.85. The molecule has 0 aliphatic heterocycles. The molecule has 2 rings (SSSR count). The Morgan fingerprint density at radius 2 is 1.77 bits per heavy atom. The number of carboxylic acids is 1. The maximum Gasteiger partial charge on any atom is 0.335 e. The summed E-state index contributed by atoms with van der Waals surface area (Å²) in [4.78, 5) is 15.0. The second kappa shape index (κ2) is 7.89. The SMILES string of the molecule is CCCCN(CCCC)Cn1nc2ccc(C(=O)O)cc2n1. The summed E-state index contributed by atoms with van der Waals surface area (Å²) < 4.78 is 0. The summed E-state index contributed by atoms with van der Waals surface area (Å²) in [6.07, 6.45) is 4.65. The first-order chi connectivity index (χ1) is 10.6. The lowest BCUT2D eigenvalue weighted by molar-refractivity contribution is 0.0697. The molecule has 0 saturated heterocycles. The predicted octanol–water partition coefficient (Wildman–Crippen LogP) is 2.99. The highest BCUT2D eigenvalue weighted by molar-refractivity contribution is 5.91. The van der Waals surface area contributed by atoms with Crippen molar-refractivity contribution in [3.63, 3.8) is 0 Å². The van der Waals surface area contributed by atoms with Gasteiger partial charge < -0.3 is 5.11 Å². The molecule has 0 aliphatic carbocycles. The lowest BCUT2D eigenvalue weighted by Gasteiger charge is -2.20. The van der Waals surface area contributed by atoms with E-state index in [9.17, 15) is 4.79 Å². The zero-order valence-corrected chi connectivity index (χ0v) is 13.3. The third-order valence-electron chi connectivity index (χ3n) is 3.65. The van der Waals surface area contributed by atoms with Crippen LogP contribution in [0.1, 0.15) is 49.9 Å². The minimum Gasteiger partial charge on any atom is -0.478 e. The van der Waals surface area contributed by atoms with Gasteiger partial charge in [0.05, 0.1) is 5.56 Å². The fourth-order valence-electron chi connectivity index (χ4n) is 2.35. The average Bonchev–Trinajstić information content (AvgIpc) is 2.91. The molecule has 0 radical (unpaired) electrons. The third kappa shape index (κ3) is 4.27. The summed E-state index contributed by atoms with van der Waals surface area (Å²) in [6.45, 7) is 7.10. The van der Waals surface area contributed by atoms with Crippen molar-refractivity contribution in [3.8, 4) is 0 Å². The molecule has 0 aliphatic rings. The number of benzene rings is 1. The fourth-order valence-corrected chi connectivity index (χ4v) is 2.35. The van der Waals surface area contributed by atoms with E-state index in [1.807, 2.05) is 0 Å². The van der Waals surface area contributed by atoms with Crippen LogP contribution in [0.4, 0.5) is 0 Å². The molecule has 2 aromatic rings. The molecule has 0 atom stereocenters. The molecule has 0 saturated carbocycles. The number of aromatic carboxylic acids is 1. The number of unbranched alkanes of at least 4 members (excludes halogenated alkanes) is 2. The molecule has 1 aromatic heterocycles. The average molecular weight is 304 g/mol. The van der Waals surface area contributed by atoms with Crippen molar-refractivity contribution in [2.75, 3.05) is 13.1 Å². The van der Waals surface area contributed by atoms with Crippen molar-refractivity contribution in [3.05, 3.63) is 23.8 Å². The van der Waals surface area contributed by atoms with Crippen molar-refractivity contribution in [2.45, 2.75) is 46.2 Å². The summed E-state index contributed by atoms with van der Waals surface area (Å²) in [5, 5.41) is 17.9. The Balaban J connectivity index is 2.12. The second-order valence-electron chi connectivity index (χ2n) is 5.55. The summed E-state index contributed by atoms with van der Waals surface area (Å²) in [7, 11) is 0. The number of fused-ring (bicyclic) bond motifs is 1. The molecule has 6 heteroatoms. The van der Waals surface area contributed by atoms with E-state index < -0.39 is 5.97 Å². The number of carboxylic acid groups (broad SMARTS) is 1. The van der Waals surface area contributed by atoms with Crippen LogP contribution in [0.25, 0.3) is 11.0 Å². The first kappa shape index (κ1) is 16.4. The van der Waals surface area contributed by atoms with E-state index in [0.717, 1.165) is 31.4 Å². The zero-order valence-electron chi connectivity index (χ0n) is 13.3. The third-order valence-corrected chi connectivity index (χ3v) is 3.65. The number of rotatable bonds is 9. The maximum absolute atomic E-state index is 11.0. The standard InChI is InChI=1S/C16H24N4O2/c1-3-5-9-19(10-6-4-2)12-20-17-14-8-7-13(16(21)22)11-15(14)18-20/h7-8,11H,3-6,9-10,12H2,1-2H3,(H,21,22). The first-order valence-electron chi connectivity index (χ1n) is 7.94. The van der Waals surface area contributed by atoms with Crippen molar-refractivity contribution in [2.24, 2.45) is 0 Å². The largest absolute Gasteiger partial charge is 0.478 e. The Morgan fingerprint density at radius 3 is 2.36 bits per heavy atom. The number of carbonyl (C=O) groups is 1. The normalized spacial score (nSPS) is 11.4. The van der Waals surface area contributed by atoms with Gasteiger partial charge in [-0.2, -0.15) is 15.0 Å². The Morgan fingerprint density at radius 1 is 1.14 bits per heavy atom. The molecular weight excluding hydrogens is 280 g/mol. The van der Waals surface area contributed by atoms with Crippen LogP contribution in [0.2, 0.25) is 0 Å². The van der Waals surface area contributed by atoms with E-state index in [4.69, 9.17) is 5.11 Å². The van der Waals surface area contributed by atoms with Gasteiger partial charge in [-0.05, 0) is 44.1 Å². The van der Waals surface area contributed by atoms with Gasteiger partial charge in [-0.3, -0.25) is 4.90 Å². The molecule has 0 spiro atoms. The molecule has 1 N–H and O–H groups in total. The van der Waals surface area contributed by atoms with Crippen molar-refractivity contribution >= 4 is 17.0 Å². The Hall–Kier alpha value is -1.95. The van der Waals surface area contributed by atoms with E-state index in [-0.39, 0.29) is 5.56 Å². The van der Waals surface area contributed by atoms with Gasteiger partial charge in [0.25, 0.3) is 0 Å². The Labute approximate surface area is 130 Å². The highest BCUT2D eigenvalue weighted by Crippen LogP contribution is 2.12. The van der Waals surface area contributed by atoms with Gasteiger partial charge in [0.15, 0.2) is 0 Å². The summed E-state index contributed by atoms with van der Waals surface area (Å²) in [5.74, 6) is -0.941. The van der Waals surface area contributed by atoms with Gasteiger partial charge in [-0.15, -0.1) is 0 Å². The van der Waals surface area contributed by atoms with Crippen LogP contribution in [0.5, 0.6) is 0 Å². The van der Waals surface area contributed by atoms with Gasteiger partial charge in [0.1, 0.15) is 17.7 Å². The van der Waals surface area contributed by atoms with E-state index in [1.165, 1.54) is 12.8 Å². The highest BCUT2D eigenvalue weighted by Gasteiger charge is 2.10. The van der Waals surface area contributed by atoms with Crippen molar-refractivity contribution in [1.82, 2.24) is 19.9 Å². The number of hydrogen-bond acceptors (Lipinski definition) is 4. The van der Waals surface area contributed by atoms with Crippen molar-refractivity contribution < 1.29 is 9.90 Å². The molecule has 1 aromatic carbocycles. The molecule has 0 amide bonds. The van der Waals surface area contributed by atoms with Crippen LogP contribution in [-0.4, -0.2) is 44.1 Å². The Kier molecular flexibility index (Phi) is 5.89. The van der Waals surface area contributed by atoms with E-state index in [0.29, 0.717) is 12.2 Å². The van der Waals surface area contributed by atoms with Gasteiger partial charge in [0.2, 0.25) is 0 Å². The zero-order chi connectivity index (χ0) is 15.9. The quantitative estimate of drug-likeness (QED) is 0.771. The van der Waals surface area contributed by atoms with Crippen LogP contribution < -0.4 is 0 Å². The number of hydrogen-bond donors (Lipinski definition) is 1. The minimum absolute atomic E-state index is 0.244. The molecule has 22 heavy (non-hydrogen) atoms. The summed E-state index contributed by atoms with van der Waals surface area (Å²) >= 11 is 0. The van der Waals surface area contributed by atoms with Crippen LogP contribution in [0.3, 0.4) is 0 Å². The van der Waals surface area contributed by atoms with Gasteiger partial charge >= 0.3 is 5.97 Å². The molecule has 120 valence electrons. The molecule has 0 fully saturated rings. The number of nitrogens with zero attached hydrogens (tertiary/aromatic N) is 4. The van der Waals surface area contributed by atoms with Gasteiger partial charge in [0, 0.05) is 0 Å². The van der Waals surface area contributed by atoms with Crippen molar-refractivity contribution in [1.29, 1.82) is 0 Å². The molecular formula is C16H24N4O2. The molecule has 0 unspecified atom stereocenters. The monoisotopic (exact) mass is 304 g/mol. The van der Waals surface area contributed by atoms with E-state index in [1.54, 1.807) is 23.0 Å². The minimum atomic E-state index is -0.941. The molecule has 1 heterocycles. The van der Waals surface area contributed by atoms with E-state index in [2.05, 4.69) is 28.9 Å². The van der Waals surface area contributed by atoms with Crippen LogP contribution in [-0.2, 0) is 6.67 Å². The Bertz CT molecular complexity index is 616. The predicted molar refractivity (Wildman–Crippen MR) is 85.9 cm³/mol. The first-order valence-corrected chi connectivity index (χ1v) is 7.94. The second-order valence-corrected chi connectivity index (χ2v) is 5.55. The fraction of sp³-hybridized carbons (Fsp3) is 0.562. The summed E-state index contributed by atoms with van der Waals surface area (Å²) in [5.41, 5.74) is 1.61. The van der Waals surface area contributed by atoms with E-state index >= 15 is 0 Å². The van der Waals surface area contributed by atoms with Crippen LogP contribution in [0.15, 0.2) is 18.2 Å². The van der Waals surface area contributed by atoms with Gasteiger partial charge in [-0.1, -0.05) is 26.7 Å². The lowest BCUT2D eigenvalue weighted by Crippen LogP contribution is -2.29. The van der Waals surface area contributed by atoms with Crippen LogP contribution >= 0.6 is 0 Å². The van der Waals surface area contributed by atoms with Gasteiger partial charge in [-0.25, -0.2) is 4.79 Å². The lowest BCUT2D eigenvalue weighted by atomic mass is 10.2. The molecule has 0 bridgehead atoms. The maximum atomic E-state index is 11.0.